The summed E-state index contributed by atoms with van der Waals surface area (Å²) < 4.78 is 18.7. The number of halogens is 2. The fourth-order valence-electron chi connectivity index (χ4n) is 2.40. The second-order valence-electron chi connectivity index (χ2n) is 5.43. The van der Waals surface area contributed by atoms with Gasteiger partial charge in [0.1, 0.15) is 17.2 Å². The lowest BCUT2D eigenvalue weighted by Crippen LogP contribution is -2.36. The number of fused-ring (bicyclic) bond motifs is 1. The van der Waals surface area contributed by atoms with Crippen LogP contribution < -0.4 is 10.6 Å². The van der Waals surface area contributed by atoms with Gasteiger partial charge in [0.25, 0.3) is 0 Å². The molecule has 0 unspecified atom stereocenters. The average Bonchev–Trinajstić information content (AvgIpc) is 3.02. The number of nitrogens with zero attached hydrogens (tertiary/aromatic N) is 1. The van der Waals surface area contributed by atoms with Gasteiger partial charge in [-0.3, -0.25) is 0 Å². The second kappa shape index (κ2) is 9.41. The molecule has 2 aromatic carbocycles. The first kappa shape index (κ1) is 19.2. The fraction of sp³-hybridized carbons (Fsp3) is 0.211. The molecule has 0 atom stereocenters. The first-order valence-corrected chi connectivity index (χ1v) is 7.98. The first-order valence-electron chi connectivity index (χ1n) is 7.98. The molecule has 0 fully saturated rings. The van der Waals surface area contributed by atoms with Crippen molar-refractivity contribution in [2.45, 2.75) is 20.0 Å². The number of hydrogen-bond acceptors (Lipinski definition) is 2. The Hall–Kier alpha value is -2.09. The summed E-state index contributed by atoms with van der Waals surface area (Å²) in [5.74, 6) is 1.31. The quantitative estimate of drug-likeness (QED) is 0.341. The van der Waals surface area contributed by atoms with E-state index in [1.165, 1.54) is 12.1 Å². The van der Waals surface area contributed by atoms with Crippen molar-refractivity contribution in [3.05, 3.63) is 71.7 Å². The lowest BCUT2D eigenvalue weighted by molar-refractivity contribution is 0.538. The lowest BCUT2D eigenvalue weighted by Gasteiger charge is -2.10. The van der Waals surface area contributed by atoms with Gasteiger partial charge in [0.05, 0.1) is 13.1 Å². The zero-order chi connectivity index (χ0) is 16.8. The maximum Gasteiger partial charge on any atom is 0.191 e. The molecule has 0 radical (unpaired) electrons. The van der Waals surface area contributed by atoms with E-state index < -0.39 is 0 Å². The van der Waals surface area contributed by atoms with Gasteiger partial charge in [0.15, 0.2) is 5.96 Å². The number of nitrogens with one attached hydrogen (secondary N) is 2. The Bertz CT molecular complexity index is 797. The molecule has 4 nitrogen and oxygen atoms in total. The second-order valence-corrected chi connectivity index (χ2v) is 5.43. The molecule has 2 N–H and O–H groups in total. The summed E-state index contributed by atoms with van der Waals surface area (Å²) in [4.78, 5) is 4.51. The predicted molar refractivity (Wildman–Crippen MR) is 110 cm³/mol. The van der Waals surface area contributed by atoms with Gasteiger partial charge >= 0.3 is 0 Å². The van der Waals surface area contributed by atoms with E-state index in [4.69, 9.17) is 4.42 Å². The van der Waals surface area contributed by atoms with Crippen molar-refractivity contribution in [3.8, 4) is 0 Å². The highest BCUT2D eigenvalue weighted by atomic mass is 127. The highest BCUT2D eigenvalue weighted by Crippen LogP contribution is 2.18. The zero-order valence-electron chi connectivity index (χ0n) is 14.0. The Morgan fingerprint density at radius 1 is 1.08 bits per heavy atom. The highest BCUT2D eigenvalue weighted by Gasteiger charge is 2.04. The van der Waals surface area contributed by atoms with E-state index in [2.05, 4.69) is 15.6 Å². The van der Waals surface area contributed by atoms with Gasteiger partial charge in [-0.15, -0.1) is 24.0 Å². The summed E-state index contributed by atoms with van der Waals surface area (Å²) in [6.07, 6.45) is 0. The van der Waals surface area contributed by atoms with Crippen molar-refractivity contribution in [1.82, 2.24) is 10.6 Å². The van der Waals surface area contributed by atoms with Gasteiger partial charge in [-0.05, 0) is 36.8 Å². The van der Waals surface area contributed by atoms with Gasteiger partial charge in [0, 0.05) is 11.9 Å². The van der Waals surface area contributed by atoms with E-state index >= 15 is 0 Å². The minimum Gasteiger partial charge on any atom is -0.459 e. The Morgan fingerprint density at radius 3 is 2.56 bits per heavy atom. The molecule has 132 valence electrons. The largest absolute Gasteiger partial charge is 0.459 e. The van der Waals surface area contributed by atoms with Crippen LogP contribution in [0.15, 0.2) is 64.0 Å². The lowest BCUT2D eigenvalue weighted by atomic mass is 10.2. The Balaban J connectivity index is 0.00000225. The summed E-state index contributed by atoms with van der Waals surface area (Å²) >= 11 is 0. The number of benzene rings is 2. The van der Waals surface area contributed by atoms with Crippen molar-refractivity contribution < 1.29 is 8.81 Å². The molecule has 0 saturated heterocycles. The SMILES string of the molecule is CCNC(=NCc1ccc(F)cc1)NCc1cc2ccccc2o1.I. The molecule has 25 heavy (non-hydrogen) atoms. The maximum atomic E-state index is 12.9. The van der Waals surface area contributed by atoms with Crippen LogP contribution in [0.3, 0.4) is 0 Å². The third kappa shape index (κ3) is 5.45. The van der Waals surface area contributed by atoms with E-state index in [0.29, 0.717) is 19.0 Å². The van der Waals surface area contributed by atoms with Crippen LogP contribution in [0.5, 0.6) is 0 Å². The van der Waals surface area contributed by atoms with Crippen LogP contribution in [0.4, 0.5) is 4.39 Å². The maximum absolute atomic E-state index is 12.9. The van der Waals surface area contributed by atoms with Gasteiger partial charge in [0.2, 0.25) is 0 Å². The van der Waals surface area contributed by atoms with Crippen molar-refractivity contribution in [3.63, 3.8) is 0 Å². The van der Waals surface area contributed by atoms with Gasteiger partial charge < -0.3 is 15.1 Å². The molecule has 0 spiro atoms. The van der Waals surface area contributed by atoms with E-state index in [1.807, 2.05) is 37.3 Å². The van der Waals surface area contributed by atoms with Crippen LogP contribution in [0.1, 0.15) is 18.2 Å². The molecule has 0 aliphatic carbocycles. The third-order valence-electron chi connectivity index (χ3n) is 3.58. The Morgan fingerprint density at radius 2 is 1.84 bits per heavy atom. The zero-order valence-corrected chi connectivity index (χ0v) is 16.3. The average molecular weight is 453 g/mol. The summed E-state index contributed by atoms with van der Waals surface area (Å²) in [5, 5.41) is 7.53. The van der Waals surface area contributed by atoms with Crippen LogP contribution in [0.2, 0.25) is 0 Å². The summed E-state index contributed by atoms with van der Waals surface area (Å²) in [6.45, 7) is 3.80. The fourth-order valence-corrected chi connectivity index (χ4v) is 2.40. The molecular weight excluding hydrogens is 432 g/mol. The number of rotatable bonds is 5. The van der Waals surface area contributed by atoms with Crippen LogP contribution in [0, 0.1) is 5.82 Å². The number of hydrogen-bond donors (Lipinski definition) is 2. The van der Waals surface area contributed by atoms with E-state index in [1.54, 1.807) is 12.1 Å². The van der Waals surface area contributed by atoms with Crippen molar-refractivity contribution in [1.29, 1.82) is 0 Å². The number of guanidine groups is 1. The van der Waals surface area contributed by atoms with Gasteiger partial charge in [-0.25, -0.2) is 9.38 Å². The molecule has 0 bridgehead atoms. The highest BCUT2D eigenvalue weighted by molar-refractivity contribution is 14.0. The standard InChI is InChI=1S/C19H20FN3O.HI/c1-2-21-19(22-12-14-7-9-16(20)10-8-14)23-13-17-11-15-5-3-4-6-18(15)24-17;/h3-11H,2,12-13H2,1H3,(H2,21,22,23);1H. The van der Waals surface area contributed by atoms with Crippen LogP contribution in [-0.2, 0) is 13.1 Å². The molecule has 0 aliphatic heterocycles. The first-order chi connectivity index (χ1) is 11.7. The van der Waals surface area contributed by atoms with Crippen molar-refractivity contribution in [2.24, 2.45) is 4.99 Å². The normalized spacial score (nSPS) is 11.2. The number of aliphatic imine (C=N–C) groups is 1. The van der Waals surface area contributed by atoms with Crippen molar-refractivity contribution >= 4 is 40.9 Å². The topological polar surface area (TPSA) is 49.6 Å². The van der Waals surface area contributed by atoms with E-state index in [-0.39, 0.29) is 29.8 Å². The predicted octanol–water partition coefficient (Wildman–Crippen LogP) is 4.45. The summed E-state index contributed by atoms with van der Waals surface area (Å²) in [6, 6.07) is 16.3. The minimum atomic E-state index is -0.238. The van der Waals surface area contributed by atoms with E-state index in [0.717, 1.165) is 28.8 Å². The Labute approximate surface area is 163 Å². The molecule has 3 rings (SSSR count). The molecule has 1 heterocycles. The minimum absolute atomic E-state index is 0. The molecule has 0 aliphatic rings. The monoisotopic (exact) mass is 453 g/mol. The van der Waals surface area contributed by atoms with Crippen LogP contribution >= 0.6 is 24.0 Å². The van der Waals surface area contributed by atoms with Crippen LogP contribution in [-0.4, -0.2) is 12.5 Å². The van der Waals surface area contributed by atoms with Gasteiger partial charge in [-0.1, -0.05) is 30.3 Å². The smallest absolute Gasteiger partial charge is 0.191 e. The summed E-state index contributed by atoms with van der Waals surface area (Å²) in [7, 11) is 0. The molecule has 0 amide bonds. The third-order valence-corrected chi connectivity index (χ3v) is 3.58. The number of para-hydroxylation sites is 1. The van der Waals surface area contributed by atoms with Crippen LogP contribution in [0.25, 0.3) is 11.0 Å². The molecule has 1 aromatic heterocycles. The van der Waals surface area contributed by atoms with Crippen molar-refractivity contribution in [2.75, 3.05) is 6.54 Å². The van der Waals surface area contributed by atoms with Gasteiger partial charge in [-0.2, -0.15) is 0 Å². The molecular formula is C19H21FIN3O. The number of furan rings is 1. The summed E-state index contributed by atoms with van der Waals surface area (Å²) in [5.41, 5.74) is 1.83. The molecule has 6 heteroatoms. The Kier molecular flexibility index (Phi) is 7.24. The van der Waals surface area contributed by atoms with E-state index in [9.17, 15) is 4.39 Å². The molecule has 3 aromatic rings. The molecule has 0 saturated carbocycles.